The summed E-state index contributed by atoms with van der Waals surface area (Å²) in [7, 11) is 0. The third kappa shape index (κ3) is 3.29. The SMILES string of the molecule is Cc1cccc(-n2cc(-c3ccccc3)c3c(N4CCC(C)CC4)ncnc32)c1. The van der Waals surface area contributed by atoms with Crippen molar-refractivity contribution in [3.05, 3.63) is 72.7 Å². The molecule has 1 saturated heterocycles. The maximum Gasteiger partial charge on any atom is 0.150 e. The quantitative estimate of drug-likeness (QED) is 0.460. The predicted molar refractivity (Wildman–Crippen MR) is 120 cm³/mol. The van der Waals surface area contributed by atoms with Crippen LogP contribution in [0.4, 0.5) is 5.82 Å². The van der Waals surface area contributed by atoms with E-state index in [0.717, 1.165) is 41.5 Å². The molecule has 0 spiro atoms. The highest BCUT2D eigenvalue weighted by Crippen LogP contribution is 2.37. The zero-order valence-electron chi connectivity index (χ0n) is 17.0. The van der Waals surface area contributed by atoms with Gasteiger partial charge in [-0.1, -0.05) is 49.4 Å². The normalized spacial score (nSPS) is 15.2. The lowest BCUT2D eigenvalue weighted by molar-refractivity contribution is 0.437. The molecule has 29 heavy (non-hydrogen) atoms. The first kappa shape index (κ1) is 17.9. The summed E-state index contributed by atoms with van der Waals surface area (Å²) in [6, 6.07) is 19.2. The van der Waals surface area contributed by atoms with Crippen LogP contribution in [0.3, 0.4) is 0 Å². The third-order valence-electron chi connectivity index (χ3n) is 6.01. The Morgan fingerprint density at radius 1 is 0.931 bits per heavy atom. The van der Waals surface area contributed by atoms with Gasteiger partial charge in [-0.15, -0.1) is 0 Å². The van der Waals surface area contributed by atoms with Crippen molar-refractivity contribution in [2.75, 3.05) is 18.0 Å². The second kappa shape index (κ2) is 7.36. The molecule has 5 rings (SSSR count). The number of piperidine rings is 1. The molecule has 1 fully saturated rings. The third-order valence-corrected chi connectivity index (χ3v) is 6.01. The first-order valence-electron chi connectivity index (χ1n) is 10.4. The number of hydrogen-bond acceptors (Lipinski definition) is 3. The van der Waals surface area contributed by atoms with E-state index in [2.05, 4.69) is 84.1 Å². The summed E-state index contributed by atoms with van der Waals surface area (Å²) in [6.07, 6.45) is 6.37. The van der Waals surface area contributed by atoms with E-state index >= 15 is 0 Å². The van der Waals surface area contributed by atoms with E-state index in [1.165, 1.54) is 29.5 Å². The second-order valence-electron chi connectivity index (χ2n) is 8.18. The molecule has 1 aliphatic heterocycles. The van der Waals surface area contributed by atoms with Crippen molar-refractivity contribution in [3.63, 3.8) is 0 Å². The van der Waals surface area contributed by atoms with Gasteiger partial charge in [0.05, 0.1) is 5.39 Å². The summed E-state index contributed by atoms with van der Waals surface area (Å²) in [4.78, 5) is 11.9. The average Bonchev–Trinajstić information content (AvgIpc) is 3.15. The average molecular weight is 383 g/mol. The predicted octanol–water partition coefficient (Wildman–Crippen LogP) is 5.63. The molecule has 4 heteroatoms. The molecule has 146 valence electrons. The Balaban J connectivity index is 1.75. The molecule has 1 aliphatic rings. The zero-order valence-corrected chi connectivity index (χ0v) is 17.0. The van der Waals surface area contributed by atoms with Gasteiger partial charge in [-0.3, -0.25) is 0 Å². The molecule has 0 atom stereocenters. The highest BCUT2D eigenvalue weighted by atomic mass is 15.2. The molecule has 2 aromatic heterocycles. The largest absolute Gasteiger partial charge is 0.356 e. The molecule has 3 heterocycles. The molecule has 0 bridgehead atoms. The van der Waals surface area contributed by atoms with Gasteiger partial charge in [0.25, 0.3) is 0 Å². The second-order valence-corrected chi connectivity index (χ2v) is 8.18. The molecule has 0 amide bonds. The van der Waals surface area contributed by atoms with Crippen LogP contribution in [-0.4, -0.2) is 27.6 Å². The maximum absolute atomic E-state index is 4.77. The van der Waals surface area contributed by atoms with Crippen molar-refractivity contribution in [2.45, 2.75) is 26.7 Å². The fraction of sp³-hybridized carbons (Fsp3) is 0.280. The molecule has 4 aromatic rings. The van der Waals surface area contributed by atoms with Gasteiger partial charge < -0.3 is 9.47 Å². The summed E-state index contributed by atoms with van der Waals surface area (Å²) in [6.45, 7) is 6.58. The molecule has 0 N–H and O–H groups in total. The lowest BCUT2D eigenvalue weighted by atomic mass is 9.98. The van der Waals surface area contributed by atoms with Crippen LogP contribution in [-0.2, 0) is 0 Å². The fourth-order valence-electron chi connectivity index (χ4n) is 4.32. The van der Waals surface area contributed by atoms with Crippen molar-refractivity contribution < 1.29 is 0 Å². The Labute approximate surface area is 171 Å². The van der Waals surface area contributed by atoms with Gasteiger partial charge in [0.1, 0.15) is 12.1 Å². The lowest BCUT2D eigenvalue weighted by Crippen LogP contribution is -2.33. The highest BCUT2D eigenvalue weighted by Gasteiger charge is 2.23. The van der Waals surface area contributed by atoms with Crippen molar-refractivity contribution in [2.24, 2.45) is 5.92 Å². The van der Waals surface area contributed by atoms with Crippen LogP contribution in [0.2, 0.25) is 0 Å². The van der Waals surface area contributed by atoms with Crippen LogP contribution >= 0.6 is 0 Å². The number of anilines is 1. The lowest BCUT2D eigenvalue weighted by Gasteiger charge is -2.31. The van der Waals surface area contributed by atoms with E-state index in [0.29, 0.717) is 0 Å². The van der Waals surface area contributed by atoms with E-state index in [9.17, 15) is 0 Å². The van der Waals surface area contributed by atoms with E-state index in [4.69, 9.17) is 9.97 Å². The minimum absolute atomic E-state index is 0.786. The number of benzene rings is 2. The number of fused-ring (bicyclic) bond motifs is 1. The highest BCUT2D eigenvalue weighted by molar-refractivity contribution is 6.02. The summed E-state index contributed by atoms with van der Waals surface area (Å²) in [5.74, 6) is 1.85. The van der Waals surface area contributed by atoms with E-state index in [1.807, 2.05) is 0 Å². The summed E-state index contributed by atoms with van der Waals surface area (Å²) in [5.41, 5.74) is 5.73. The molecular weight excluding hydrogens is 356 g/mol. The van der Waals surface area contributed by atoms with Crippen LogP contribution in [0.5, 0.6) is 0 Å². The summed E-state index contributed by atoms with van der Waals surface area (Å²) < 4.78 is 2.21. The minimum Gasteiger partial charge on any atom is -0.356 e. The van der Waals surface area contributed by atoms with Crippen LogP contribution in [0, 0.1) is 12.8 Å². The first-order valence-corrected chi connectivity index (χ1v) is 10.4. The number of nitrogens with zero attached hydrogens (tertiary/aromatic N) is 4. The first-order chi connectivity index (χ1) is 14.2. The van der Waals surface area contributed by atoms with Gasteiger partial charge in [0.15, 0.2) is 5.65 Å². The topological polar surface area (TPSA) is 34.0 Å². The van der Waals surface area contributed by atoms with Crippen molar-refractivity contribution in [1.82, 2.24) is 14.5 Å². The molecule has 0 aliphatic carbocycles. The summed E-state index contributed by atoms with van der Waals surface area (Å²) in [5, 5.41) is 1.15. The number of rotatable bonds is 3. The molecule has 0 radical (unpaired) electrons. The Morgan fingerprint density at radius 2 is 1.72 bits per heavy atom. The Kier molecular flexibility index (Phi) is 4.55. The van der Waals surface area contributed by atoms with Crippen molar-refractivity contribution in [1.29, 1.82) is 0 Å². The smallest absolute Gasteiger partial charge is 0.150 e. The monoisotopic (exact) mass is 382 g/mol. The van der Waals surface area contributed by atoms with Gasteiger partial charge >= 0.3 is 0 Å². The van der Waals surface area contributed by atoms with Gasteiger partial charge in [0.2, 0.25) is 0 Å². The number of aromatic nitrogens is 3. The Morgan fingerprint density at radius 3 is 2.48 bits per heavy atom. The fourth-order valence-corrected chi connectivity index (χ4v) is 4.32. The van der Waals surface area contributed by atoms with Gasteiger partial charge in [-0.2, -0.15) is 0 Å². The molecule has 0 saturated carbocycles. The van der Waals surface area contributed by atoms with Crippen LogP contribution < -0.4 is 4.90 Å². The van der Waals surface area contributed by atoms with E-state index < -0.39 is 0 Å². The maximum atomic E-state index is 4.77. The van der Waals surface area contributed by atoms with E-state index in [1.54, 1.807) is 6.33 Å². The molecule has 2 aromatic carbocycles. The van der Waals surface area contributed by atoms with Crippen LogP contribution in [0.1, 0.15) is 25.3 Å². The van der Waals surface area contributed by atoms with Crippen molar-refractivity contribution >= 4 is 16.9 Å². The zero-order chi connectivity index (χ0) is 19.8. The molecule has 4 nitrogen and oxygen atoms in total. The Hall–Kier alpha value is -3.14. The van der Waals surface area contributed by atoms with Crippen LogP contribution in [0.15, 0.2) is 67.1 Å². The van der Waals surface area contributed by atoms with Gasteiger partial charge in [0, 0.05) is 30.5 Å². The summed E-state index contributed by atoms with van der Waals surface area (Å²) >= 11 is 0. The van der Waals surface area contributed by atoms with E-state index in [-0.39, 0.29) is 0 Å². The molecular formula is C25H26N4. The molecule has 0 unspecified atom stereocenters. The van der Waals surface area contributed by atoms with Crippen LogP contribution in [0.25, 0.3) is 27.8 Å². The standard InChI is InChI=1S/C25H26N4/c1-18-11-13-28(14-12-18)24-23-22(20-8-4-3-5-9-20)16-29(25(23)27-17-26-24)21-10-6-7-19(2)15-21/h3-10,15-18H,11-14H2,1-2H3. The Bertz CT molecular complexity index is 1140. The van der Waals surface area contributed by atoms with Crippen molar-refractivity contribution in [3.8, 4) is 16.8 Å². The number of hydrogen-bond donors (Lipinski definition) is 0. The van der Waals surface area contributed by atoms with Gasteiger partial charge in [-0.05, 0) is 48.9 Å². The number of aryl methyl sites for hydroxylation is 1. The minimum atomic E-state index is 0.786. The van der Waals surface area contributed by atoms with Gasteiger partial charge in [-0.25, -0.2) is 9.97 Å².